The highest BCUT2D eigenvalue weighted by Crippen LogP contribution is 2.45. The van der Waals surface area contributed by atoms with Crippen molar-refractivity contribution in [2.45, 2.75) is 13.3 Å². The van der Waals surface area contributed by atoms with Gasteiger partial charge in [0, 0.05) is 17.7 Å². The molecule has 0 saturated heterocycles. The van der Waals surface area contributed by atoms with Crippen molar-refractivity contribution >= 4 is 32.9 Å². The molecule has 0 aliphatic carbocycles. The quantitative estimate of drug-likeness (QED) is 0.176. The monoisotopic (exact) mass is 611 g/mol. The molecule has 0 N–H and O–H groups in total. The molecule has 0 radical (unpaired) electrons. The highest BCUT2D eigenvalue weighted by atomic mass is 14.7. The first-order valence-electron chi connectivity index (χ1n) is 16.7. The van der Waals surface area contributed by atoms with E-state index in [1.807, 2.05) is 0 Å². The third-order valence-corrected chi connectivity index (χ3v) is 9.86. The fourth-order valence-corrected chi connectivity index (χ4v) is 7.60. The largest absolute Gasteiger partial charge is 0.253 e. The maximum atomic E-state index is 5.31. The Morgan fingerprint density at radius 2 is 0.896 bits per heavy atom. The van der Waals surface area contributed by atoms with Crippen LogP contribution in [0.1, 0.15) is 23.6 Å². The number of fused-ring (bicyclic) bond motifs is 6. The van der Waals surface area contributed by atoms with Gasteiger partial charge in [-0.25, -0.2) is 0 Å². The molecule has 0 atom stereocenters. The van der Waals surface area contributed by atoms with Gasteiger partial charge in [-0.1, -0.05) is 158 Å². The lowest BCUT2D eigenvalue weighted by Crippen LogP contribution is -1.98. The molecule has 8 aromatic carbocycles. The topological polar surface area (TPSA) is 12.4 Å². The predicted molar refractivity (Wildman–Crippen MR) is 204 cm³/mol. The van der Waals surface area contributed by atoms with Gasteiger partial charge in [-0.2, -0.15) is 0 Å². The van der Waals surface area contributed by atoms with Crippen molar-refractivity contribution in [3.8, 4) is 44.5 Å². The fourth-order valence-electron chi connectivity index (χ4n) is 7.60. The van der Waals surface area contributed by atoms with Gasteiger partial charge in [0.2, 0.25) is 0 Å². The summed E-state index contributed by atoms with van der Waals surface area (Å²) in [4.78, 5) is 5.31. The minimum Gasteiger partial charge on any atom is -0.253 e. The molecule has 0 bridgehead atoms. The van der Waals surface area contributed by atoms with Gasteiger partial charge in [-0.3, -0.25) is 4.99 Å². The van der Waals surface area contributed by atoms with Crippen LogP contribution in [0, 0.1) is 0 Å². The van der Waals surface area contributed by atoms with Crippen LogP contribution in [0.15, 0.2) is 175 Å². The van der Waals surface area contributed by atoms with Crippen LogP contribution >= 0.6 is 0 Å². The molecule has 48 heavy (non-hydrogen) atoms. The van der Waals surface area contributed by atoms with Gasteiger partial charge in [-0.05, 0) is 96.2 Å². The third kappa shape index (κ3) is 4.75. The molecule has 0 amide bonds. The van der Waals surface area contributed by atoms with Gasteiger partial charge in [0.15, 0.2) is 0 Å². The van der Waals surface area contributed by atoms with Gasteiger partial charge in [-0.15, -0.1) is 0 Å². The Bertz CT molecular complexity index is 2520. The SMILES string of the molecule is CC1=Nc2cc(-c3ccc4c(-c5ccccc5)c5ccccc5c(-c5ccccc5)c4c3)ccc2Cc2ccccc2-c2ccccc21. The van der Waals surface area contributed by atoms with Crippen LogP contribution in [0.25, 0.3) is 66.1 Å². The number of rotatable bonds is 3. The van der Waals surface area contributed by atoms with E-state index >= 15 is 0 Å². The lowest BCUT2D eigenvalue weighted by molar-refractivity contribution is 1.19. The van der Waals surface area contributed by atoms with Crippen molar-refractivity contribution in [3.63, 3.8) is 0 Å². The van der Waals surface area contributed by atoms with E-state index in [1.165, 1.54) is 82.7 Å². The van der Waals surface area contributed by atoms with Gasteiger partial charge in [0.1, 0.15) is 0 Å². The molecular formula is C47H33N. The molecule has 1 nitrogen and oxygen atoms in total. The lowest BCUT2D eigenvalue weighted by Gasteiger charge is -2.19. The van der Waals surface area contributed by atoms with E-state index in [4.69, 9.17) is 4.99 Å². The zero-order valence-electron chi connectivity index (χ0n) is 26.8. The Hall–Kier alpha value is -6.05. The summed E-state index contributed by atoms with van der Waals surface area (Å²) in [6.07, 6.45) is 0.833. The molecule has 0 aromatic heterocycles. The van der Waals surface area contributed by atoms with E-state index in [9.17, 15) is 0 Å². The molecule has 1 aliphatic rings. The summed E-state index contributed by atoms with van der Waals surface area (Å²) < 4.78 is 0. The maximum absolute atomic E-state index is 5.31. The van der Waals surface area contributed by atoms with Crippen molar-refractivity contribution in [1.29, 1.82) is 0 Å². The minimum atomic E-state index is 0.833. The van der Waals surface area contributed by atoms with Crippen LogP contribution in [-0.2, 0) is 6.42 Å². The summed E-state index contributed by atoms with van der Waals surface area (Å²) in [6.45, 7) is 2.14. The molecule has 0 spiro atoms. The first-order chi connectivity index (χ1) is 23.7. The first-order valence-corrected chi connectivity index (χ1v) is 16.7. The maximum Gasteiger partial charge on any atom is 0.0674 e. The molecule has 0 fully saturated rings. The number of hydrogen-bond acceptors (Lipinski definition) is 1. The van der Waals surface area contributed by atoms with Gasteiger partial charge >= 0.3 is 0 Å². The average Bonchev–Trinajstić information content (AvgIpc) is 3.19. The summed E-state index contributed by atoms with van der Waals surface area (Å²) in [7, 11) is 0. The molecular weight excluding hydrogens is 579 g/mol. The zero-order valence-corrected chi connectivity index (χ0v) is 26.8. The average molecular weight is 612 g/mol. The van der Waals surface area contributed by atoms with Gasteiger partial charge < -0.3 is 0 Å². The van der Waals surface area contributed by atoms with E-state index in [-0.39, 0.29) is 0 Å². The Balaban J connectivity index is 1.28. The lowest BCUT2D eigenvalue weighted by atomic mass is 9.85. The molecule has 0 saturated carbocycles. The summed E-state index contributed by atoms with van der Waals surface area (Å²) in [5, 5.41) is 5.04. The number of hydrogen-bond donors (Lipinski definition) is 0. The highest BCUT2D eigenvalue weighted by Gasteiger charge is 2.19. The first kappa shape index (κ1) is 28.2. The predicted octanol–water partition coefficient (Wildman–Crippen LogP) is 12.7. The Morgan fingerprint density at radius 3 is 1.60 bits per heavy atom. The molecule has 1 heterocycles. The summed E-state index contributed by atoms with van der Waals surface area (Å²) in [6, 6.07) is 61.8. The van der Waals surface area contributed by atoms with E-state index in [0.717, 1.165) is 17.8 Å². The second-order valence-corrected chi connectivity index (χ2v) is 12.7. The van der Waals surface area contributed by atoms with Crippen molar-refractivity contribution in [3.05, 3.63) is 187 Å². The van der Waals surface area contributed by atoms with Crippen molar-refractivity contribution in [1.82, 2.24) is 0 Å². The van der Waals surface area contributed by atoms with E-state index < -0.39 is 0 Å². The van der Waals surface area contributed by atoms with Crippen LogP contribution in [0.3, 0.4) is 0 Å². The molecule has 1 heteroatoms. The van der Waals surface area contributed by atoms with Crippen LogP contribution in [-0.4, -0.2) is 5.71 Å². The molecule has 1 aliphatic heterocycles. The second kappa shape index (κ2) is 11.6. The normalized spacial score (nSPS) is 12.3. The van der Waals surface area contributed by atoms with Gasteiger partial charge in [0.05, 0.1) is 5.69 Å². The third-order valence-electron chi connectivity index (χ3n) is 9.86. The summed E-state index contributed by atoms with van der Waals surface area (Å²) >= 11 is 0. The Morgan fingerprint density at radius 1 is 0.375 bits per heavy atom. The molecule has 8 aromatic rings. The molecule has 0 unspecified atom stereocenters. The van der Waals surface area contributed by atoms with E-state index in [1.54, 1.807) is 0 Å². The second-order valence-electron chi connectivity index (χ2n) is 12.7. The van der Waals surface area contributed by atoms with E-state index in [0.29, 0.717) is 0 Å². The minimum absolute atomic E-state index is 0.833. The number of aliphatic imine (C=N–C) groups is 1. The van der Waals surface area contributed by atoms with Crippen LogP contribution in [0.5, 0.6) is 0 Å². The van der Waals surface area contributed by atoms with Crippen molar-refractivity contribution < 1.29 is 0 Å². The van der Waals surface area contributed by atoms with Crippen LogP contribution in [0.2, 0.25) is 0 Å². The highest BCUT2D eigenvalue weighted by molar-refractivity contribution is 6.22. The standard InChI is InChI=1S/C47H33N/c1-31-38-19-10-11-21-40(38)39-20-9-8-18-36(39)28-37-25-24-35(30-45(37)48-31)34-26-27-43-44(29-34)47(33-16-6-3-7-17-33)42-23-13-12-22-41(42)46(43)32-14-4-2-5-15-32/h2-27,29-30H,28H2,1H3. The van der Waals surface area contributed by atoms with Crippen molar-refractivity contribution in [2.24, 2.45) is 4.99 Å². The molecule has 9 rings (SSSR count). The van der Waals surface area contributed by atoms with Gasteiger partial charge in [0.25, 0.3) is 0 Å². The zero-order chi connectivity index (χ0) is 32.0. The fraction of sp³-hybridized carbons (Fsp3) is 0.0426. The molecule has 226 valence electrons. The smallest absolute Gasteiger partial charge is 0.0674 e. The Kier molecular flexibility index (Phi) is 6.83. The summed E-state index contributed by atoms with van der Waals surface area (Å²) in [5.74, 6) is 0. The van der Waals surface area contributed by atoms with E-state index in [2.05, 4.69) is 177 Å². The Labute approximate surface area is 281 Å². The summed E-state index contributed by atoms with van der Waals surface area (Å²) in [5.41, 5.74) is 15.7. The van der Waals surface area contributed by atoms with Crippen molar-refractivity contribution in [2.75, 3.05) is 0 Å². The van der Waals surface area contributed by atoms with Crippen LogP contribution in [0.4, 0.5) is 5.69 Å². The van der Waals surface area contributed by atoms with Crippen LogP contribution < -0.4 is 0 Å². The number of nitrogens with zero attached hydrogens (tertiary/aromatic N) is 1. The number of benzene rings is 8.